The van der Waals surface area contributed by atoms with Gasteiger partial charge in [0.2, 0.25) is 0 Å². The lowest BCUT2D eigenvalue weighted by atomic mass is 9.85. The second-order valence-corrected chi connectivity index (χ2v) is 6.65. The number of para-hydroxylation sites is 1. The van der Waals surface area contributed by atoms with Crippen LogP contribution in [-0.4, -0.2) is 71.5 Å². The van der Waals surface area contributed by atoms with Crippen molar-refractivity contribution in [2.24, 2.45) is 11.8 Å². The molecular formula is C17H24N2O4. The minimum Gasteiger partial charge on any atom is -0.491 e. The summed E-state index contributed by atoms with van der Waals surface area (Å²) in [5, 5.41) is 19.3. The van der Waals surface area contributed by atoms with Gasteiger partial charge in [0.05, 0.1) is 0 Å². The highest BCUT2D eigenvalue weighted by Crippen LogP contribution is 2.28. The summed E-state index contributed by atoms with van der Waals surface area (Å²) in [7, 11) is 0. The second kappa shape index (κ2) is 7.19. The van der Waals surface area contributed by atoms with Gasteiger partial charge in [-0.05, 0) is 30.4 Å². The van der Waals surface area contributed by atoms with E-state index >= 15 is 0 Å². The van der Waals surface area contributed by atoms with E-state index in [1.54, 1.807) is 0 Å². The van der Waals surface area contributed by atoms with Crippen LogP contribution in [0.4, 0.5) is 4.79 Å². The van der Waals surface area contributed by atoms with Gasteiger partial charge in [-0.15, -0.1) is 0 Å². The molecule has 2 heterocycles. The molecule has 3 atom stereocenters. The molecule has 6 heteroatoms. The van der Waals surface area contributed by atoms with Crippen LogP contribution in [0.3, 0.4) is 0 Å². The molecule has 1 amide bonds. The summed E-state index contributed by atoms with van der Waals surface area (Å²) < 4.78 is 5.59. The van der Waals surface area contributed by atoms with Gasteiger partial charge in [0.25, 0.3) is 0 Å². The predicted octanol–water partition coefficient (Wildman–Crippen LogP) is 1.36. The summed E-state index contributed by atoms with van der Waals surface area (Å²) in [5.41, 5.74) is 0. The first kappa shape index (κ1) is 16.1. The molecular weight excluding hydrogens is 296 g/mol. The predicted molar refractivity (Wildman–Crippen MR) is 85.6 cm³/mol. The third-order valence-corrected chi connectivity index (χ3v) is 4.58. The summed E-state index contributed by atoms with van der Waals surface area (Å²) in [4.78, 5) is 14.9. The SMILES string of the molecule is O=C(O)N1CC2CC(CN(CC(O)COc3ccccc3)C2)C1. The number of rotatable bonds is 5. The minimum absolute atomic E-state index is 0.275. The third-order valence-electron chi connectivity index (χ3n) is 4.58. The van der Waals surface area contributed by atoms with E-state index in [2.05, 4.69) is 4.90 Å². The summed E-state index contributed by atoms with van der Waals surface area (Å²) in [6.45, 7) is 3.77. The smallest absolute Gasteiger partial charge is 0.407 e. The lowest BCUT2D eigenvalue weighted by Gasteiger charge is -2.45. The average molecular weight is 320 g/mol. The van der Waals surface area contributed by atoms with Gasteiger partial charge < -0.3 is 19.8 Å². The van der Waals surface area contributed by atoms with Crippen LogP contribution in [0.25, 0.3) is 0 Å². The normalized spacial score (nSPS) is 25.9. The molecule has 2 bridgehead atoms. The number of β-amino-alcohol motifs (C(OH)–C–C–N with tert-alkyl or cyclic N) is 1. The standard InChI is InChI=1S/C17H24N2O4/c20-15(12-23-16-4-2-1-3-5-16)11-18-7-13-6-14(8-18)10-19(9-13)17(21)22/h1-5,13-15,20H,6-12H2,(H,21,22). The number of hydrogen-bond donors (Lipinski definition) is 2. The Hall–Kier alpha value is -1.79. The lowest BCUT2D eigenvalue weighted by Crippen LogP contribution is -2.55. The fourth-order valence-electron chi connectivity index (χ4n) is 3.75. The number of piperidine rings is 2. The average Bonchev–Trinajstić information content (AvgIpc) is 2.53. The lowest BCUT2D eigenvalue weighted by molar-refractivity contribution is 0.00339. The van der Waals surface area contributed by atoms with Crippen molar-refractivity contribution in [1.82, 2.24) is 9.80 Å². The number of likely N-dealkylation sites (tertiary alicyclic amines) is 2. The van der Waals surface area contributed by atoms with Crippen LogP contribution >= 0.6 is 0 Å². The molecule has 0 saturated carbocycles. The Morgan fingerprint density at radius 1 is 1.17 bits per heavy atom. The highest BCUT2D eigenvalue weighted by molar-refractivity contribution is 5.65. The van der Waals surface area contributed by atoms with Crippen molar-refractivity contribution in [3.8, 4) is 5.75 Å². The van der Waals surface area contributed by atoms with Crippen molar-refractivity contribution in [3.05, 3.63) is 30.3 Å². The summed E-state index contributed by atoms with van der Waals surface area (Å²) in [6, 6.07) is 9.48. The van der Waals surface area contributed by atoms with Crippen molar-refractivity contribution in [2.45, 2.75) is 12.5 Å². The molecule has 6 nitrogen and oxygen atoms in total. The zero-order valence-corrected chi connectivity index (χ0v) is 13.2. The first-order valence-electron chi connectivity index (χ1n) is 8.16. The van der Waals surface area contributed by atoms with Gasteiger partial charge >= 0.3 is 6.09 Å². The van der Waals surface area contributed by atoms with Gasteiger partial charge in [0, 0.05) is 32.7 Å². The van der Waals surface area contributed by atoms with Crippen LogP contribution in [0.1, 0.15) is 6.42 Å². The Labute approximate surface area is 136 Å². The highest BCUT2D eigenvalue weighted by atomic mass is 16.5. The van der Waals surface area contributed by atoms with E-state index in [-0.39, 0.29) is 6.61 Å². The summed E-state index contributed by atoms with van der Waals surface area (Å²) >= 11 is 0. The van der Waals surface area contributed by atoms with Crippen molar-refractivity contribution >= 4 is 6.09 Å². The minimum atomic E-state index is -0.815. The molecule has 2 N–H and O–H groups in total. The number of nitrogens with zero attached hydrogens (tertiary/aromatic N) is 2. The van der Waals surface area contributed by atoms with E-state index in [1.165, 1.54) is 4.90 Å². The number of aliphatic hydroxyl groups excluding tert-OH is 1. The Morgan fingerprint density at radius 2 is 1.83 bits per heavy atom. The first-order valence-corrected chi connectivity index (χ1v) is 8.16. The number of aliphatic hydroxyl groups is 1. The van der Waals surface area contributed by atoms with Gasteiger partial charge in [0.1, 0.15) is 18.5 Å². The van der Waals surface area contributed by atoms with E-state index in [0.717, 1.165) is 25.3 Å². The number of hydrogen-bond acceptors (Lipinski definition) is 4. The second-order valence-electron chi connectivity index (χ2n) is 6.65. The molecule has 0 radical (unpaired) electrons. The Balaban J connectivity index is 1.45. The highest BCUT2D eigenvalue weighted by Gasteiger charge is 2.36. The van der Waals surface area contributed by atoms with E-state index in [1.807, 2.05) is 30.3 Å². The number of amides is 1. The molecule has 126 valence electrons. The Morgan fingerprint density at radius 3 is 2.43 bits per heavy atom. The quantitative estimate of drug-likeness (QED) is 0.857. The van der Waals surface area contributed by atoms with E-state index < -0.39 is 12.2 Å². The van der Waals surface area contributed by atoms with Crippen LogP contribution < -0.4 is 4.74 Å². The first-order chi connectivity index (χ1) is 11.1. The van der Waals surface area contributed by atoms with Crippen LogP contribution in [0.2, 0.25) is 0 Å². The molecule has 23 heavy (non-hydrogen) atoms. The molecule has 0 aliphatic carbocycles. The van der Waals surface area contributed by atoms with Crippen molar-refractivity contribution in [1.29, 1.82) is 0 Å². The Bertz CT molecular complexity index is 511. The molecule has 2 aliphatic heterocycles. The number of fused-ring (bicyclic) bond motifs is 2. The molecule has 0 aromatic heterocycles. The monoisotopic (exact) mass is 320 g/mol. The van der Waals surface area contributed by atoms with Gasteiger partial charge in [-0.3, -0.25) is 4.90 Å². The van der Waals surface area contributed by atoms with Crippen molar-refractivity contribution < 1.29 is 19.7 Å². The summed E-state index contributed by atoms with van der Waals surface area (Å²) in [5.74, 6) is 1.51. The maximum Gasteiger partial charge on any atom is 0.407 e. The van der Waals surface area contributed by atoms with E-state index in [4.69, 9.17) is 9.84 Å². The van der Waals surface area contributed by atoms with Gasteiger partial charge in [-0.25, -0.2) is 4.79 Å². The van der Waals surface area contributed by atoms with Crippen molar-refractivity contribution in [3.63, 3.8) is 0 Å². The fourth-order valence-corrected chi connectivity index (χ4v) is 3.75. The topological polar surface area (TPSA) is 73.2 Å². The van der Waals surface area contributed by atoms with E-state index in [9.17, 15) is 9.90 Å². The molecule has 0 spiro atoms. The number of carboxylic acid groups (broad SMARTS) is 1. The molecule has 2 saturated heterocycles. The van der Waals surface area contributed by atoms with Gasteiger partial charge in [0.15, 0.2) is 0 Å². The van der Waals surface area contributed by atoms with Crippen LogP contribution in [0, 0.1) is 11.8 Å². The van der Waals surface area contributed by atoms with Crippen LogP contribution in [0.5, 0.6) is 5.75 Å². The summed E-state index contributed by atoms with van der Waals surface area (Å²) in [6.07, 6.45) is -0.259. The fraction of sp³-hybridized carbons (Fsp3) is 0.588. The van der Waals surface area contributed by atoms with Crippen LogP contribution in [0.15, 0.2) is 30.3 Å². The molecule has 1 aromatic rings. The molecule has 3 rings (SSSR count). The molecule has 1 aromatic carbocycles. The number of carbonyl (C=O) groups is 1. The van der Waals surface area contributed by atoms with E-state index in [0.29, 0.717) is 31.5 Å². The number of benzene rings is 1. The molecule has 2 fully saturated rings. The van der Waals surface area contributed by atoms with Crippen molar-refractivity contribution in [2.75, 3.05) is 39.3 Å². The van der Waals surface area contributed by atoms with Crippen LogP contribution in [-0.2, 0) is 0 Å². The van der Waals surface area contributed by atoms with Gasteiger partial charge in [-0.1, -0.05) is 18.2 Å². The van der Waals surface area contributed by atoms with Gasteiger partial charge in [-0.2, -0.15) is 0 Å². The zero-order chi connectivity index (χ0) is 16.2. The largest absolute Gasteiger partial charge is 0.491 e. The molecule has 3 unspecified atom stereocenters. The number of ether oxygens (including phenoxy) is 1. The molecule has 2 aliphatic rings. The maximum absolute atomic E-state index is 11.1. The third kappa shape index (κ3) is 4.36. The Kier molecular flexibility index (Phi) is 5.03. The maximum atomic E-state index is 11.1. The zero-order valence-electron chi connectivity index (χ0n) is 13.2.